The van der Waals surface area contributed by atoms with E-state index in [9.17, 15) is 13.6 Å². The Morgan fingerprint density at radius 3 is 2.26 bits per heavy atom. The van der Waals surface area contributed by atoms with Gasteiger partial charge in [0.15, 0.2) is 0 Å². The van der Waals surface area contributed by atoms with Crippen LogP contribution in [0.2, 0.25) is 0 Å². The van der Waals surface area contributed by atoms with E-state index in [1.54, 1.807) is 18.5 Å². The van der Waals surface area contributed by atoms with E-state index in [1.807, 2.05) is 56.4 Å². The summed E-state index contributed by atoms with van der Waals surface area (Å²) in [4.78, 5) is 22.2. The van der Waals surface area contributed by atoms with E-state index in [0.29, 0.717) is 17.3 Å². The van der Waals surface area contributed by atoms with Crippen LogP contribution in [0.4, 0.5) is 26.0 Å². The molecule has 9 heteroatoms. The number of carbonyl (C=O) groups is 1. The van der Waals surface area contributed by atoms with Crippen LogP contribution in [0.3, 0.4) is 0 Å². The Morgan fingerprint density at radius 1 is 0.947 bits per heavy atom. The fourth-order valence-electron chi connectivity index (χ4n) is 3.57. The van der Waals surface area contributed by atoms with Crippen molar-refractivity contribution in [1.82, 2.24) is 15.0 Å². The zero-order chi connectivity index (χ0) is 26.4. The number of hydrogen-bond donors (Lipinski definition) is 1. The van der Waals surface area contributed by atoms with Crippen molar-refractivity contribution in [3.63, 3.8) is 0 Å². The molecule has 0 amide bonds. The fraction of sp³-hybridized carbons (Fsp3) is 0.241. The maximum atomic E-state index is 13.4. The van der Waals surface area contributed by atoms with Crippen LogP contribution in [0.25, 0.3) is 27.7 Å². The molecule has 1 aromatic carbocycles. The number of aldehydes is 1. The maximum Gasteiger partial charge on any atom is 0.286 e. The predicted octanol–water partition coefficient (Wildman–Crippen LogP) is 7.60. The van der Waals surface area contributed by atoms with E-state index in [-0.39, 0.29) is 26.8 Å². The molecule has 4 aromatic rings. The molecule has 38 heavy (non-hydrogen) atoms. The average Bonchev–Trinajstić information content (AvgIpc) is 3.75. The molecular formula is C29H28F2N5OW-. The van der Waals surface area contributed by atoms with E-state index in [0.717, 1.165) is 59.8 Å². The number of alkyl halides is 2. The van der Waals surface area contributed by atoms with Crippen molar-refractivity contribution < 1.29 is 34.6 Å². The molecule has 0 spiro atoms. The van der Waals surface area contributed by atoms with E-state index >= 15 is 0 Å². The SMILES string of the molecule is CNc1cc(-c2cc(-c3cc([N-]c4ccc(C(C)(F)F)nc4)ccc3C)ccn2)ccn1.O=CC1CC1.[W]. The molecule has 1 fully saturated rings. The Hall–Kier alpha value is -3.51. The number of carbonyl (C=O) groups excluding carboxylic acids is 1. The fourth-order valence-corrected chi connectivity index (χ4v) is 3.57. The summed E-state index contributed by atoms with van der Waals surface area (Å²) in [5.74, 6) is -1.75. The molecule has 6 nitrogen and oxygen atoms in total. The number of pyridine rings is 3. The smallest absolute Gasteiger partial charge is 0.286 e. The third kappa shape index (κ3) is 7.75. The van der Waals surface area contributed by atoms with Crippen LogP contribution in [-0.2, 0) is 31.8 Å². The summed E-state index contributed by atoms with van der Waals surface area (Å²) < 4.78 is 26.8. The molecule has 0 saturated heterocycles. The van der Waals surface area contributed by atoms with Crippen LogP contribution in [0.5, 0.6) is 0 Å². The van der Waals surface area contributed by atoms with Gasteiger partial charge in [-0.15, -0.1) is 11.4 Å². The first-order valence-electron chi connectivity index (χ1n) is 12.0. The van der Waals surface area contributed by atoms with Crippen LogP contribution in [-0.4, -0.2) is 28.3 Å². The number of halogens is 2. The number of nitrogens with zero attached hydrogens (tertiary/aromatic N) is 4. The predicted molar refractivity (Wildman–Crippen MR) is 142 cm³/mol. The minimum atomic E-state index is -2.97. The second-order valence-corrected chi connectivity index (χ2v) is 8.98. The van der Waals surface area contributed by atoms with Gasteiger partial charge < -0.3 is 15.4 Å². The van der Waals surface area contributed by atoms with E-state index in [2.05, 4.69) is 25.6 Å². The van der Waals surface area contributed by atoms with Gasteiger partial charge in [-0.1, -0.05) is 24.3 Å². The van der Waals surface area contributed by atoms with E-state index in [4.69, 9.17) is 0 Å². The van der Waals surface area contributed by atoms with Crippen molar-refractivity contribution in [1.29, 1.82) is 0 Å². The summed E-state index contributed by atoms with van der Waals surface area (Å²) in [6.45, 7) is 2.86. The van der Waals surface area contributed by atoms with Crippen molar-refractivity contribution in [2.75, 3.05) is 12.4 Å². The van der Waals surface area contributed by atoms with Crippen LogP contribution in [0.1, 0.15) is 31.0 Å². The van der Waals surface area contributed by atoms with E-state index < -0.39 is 5.92 Å². The zero-order valence-corrected chi connectivity index (χ0v) is 24.3. The van der Waals surface area contributed by atoms with Gasteiger partial charge in [-0.2, -0.15) is 8.78 Å². The first-order chi connectivity index (χ1) is 17.8. The molecule has 0 atom stereocenters. The van der Waals surface area contributed by atoms with Crippen molar-refractivity contribution in [3.8, 4) is 22.4 Å². The zero-order valence-electron chi connectivity index (χ0n) is 21.4. The monoisotopic (exact) mass is 684 g/mol. The first-order valence-corrected chi connectivity index (χ1v) is 12.0. The topological polar surface area (TPSA) is 81.9 Å². The Balaban J connectivity index is 0.000000598. The summed E-state index contributed by atoms with van der Waals surface area (Å²) in [5.41, 5.74) is 5.86. The number of benzene rings is 1. The Kier molecular flexibility index (Phi) is 9.81. The normalized spacial score (nSPS) is 12.4. The van der Waals surface area contributed by atoms with Crippen molar-refractivity contribution in [2.45, 2.75) is 32.6 Å². The molecule has 0 bridgehead atoms. The van der Waals surface area contributed by atoms with Gasteiger partial charge in [-0.3, -0.25) is 9.97 Å². The Morgan fingerprint density at radius 2 is 1.66 bits per heavy atom. The Bertz CT molecular complexity index is 1370. The minimum Gasteiger partial charge on any atom is -0.657 e. The van der Waals surface area contributed by atoms with Gasteiger partial charge in [0.2, 0.25) is 0 Å². The molecule has 0 unspecified atom stereocenters. The minimum absolute atomic E-state index is 0. The van der Waals surface area contributed by atoms with Gasteiger partial charge in [-0.05, 0) is 66.8 Å². The summed E-state index contributed by atoms with van der Waals surface area (Å²) >= 11 is 0. The molecule has 1 aliphatic carbocycles. The van der Waals surface area contributed by atoms with Gasteiger partial charge in [0.05, 0.1) is 5.69 Å². The quantitative estimate of drug-likeness (QED) is 0.203. The third-order valence-electron chi connectivity index (χ3n) is 5.87. The molecule has 0 radical (unpaired) electrons. The second-order valence-electron chi connectivity index (χ2n) is 8.98. The summed E-state index contributed by atoms with van der Waals surface area (Å²) in [7, 11) is 1.82. The van der Waals surface area contributed by atoms with Crippen LogP contribution in [0, 0.1) is 12.8 Å². The maximum absolute atomic E-state index is 13.4. The molecule has 0 aliphatic heterocycles. The molecular weight excluding hydrogens is 656 g/mol. The van der Waals surface area contributed by atoms with Crippen molar-refractivity contribution >= 4 is 23.5 Å². The van der Waals surface area contributed by atoms with Crippen molar-refractivity contribution in [2.24, 2.45) is 5.92 Å². The largest absolute Gasteiger partial charge is 0.657 e. The molecule has 196 valence electrons. The first kappa shape index (κ1) is 29.1. The number of aryl methyl sites for hydroxylation is 1. The van der Waals surface area contributed by atoms with E-state index in [1.165, 1.54) is 12.3 Å². The van der Waals surface area contributed by atoms with Crippen LogP contribution >= 0.6 is 0 Å². The summed E-state index contributed by atoms with van der Waals surface area (Å²) in [6.07, 6.45) is 8.20. The number of rotatable bonds is 7. The molecule has 5 rings (SSSR count). The van der Waals surface area contributed by atoms with Gasteiger partial charge >= 0.3 is 0 Å². The average molecular weight is 684 g/mol. The molecule has 1 saturated carbocycles. The Labute approximate surface area is 235 Å². The van der Waals surface area contributed by atoms with Gasteiger partial charge in [-0.25, -0.2) is 4.98 Å². The number of nitrogens with one attached hydrogen (secondary N) is 1. The molecule has 1 aliphatic rings. The number of hydrogen-bond acceptors (Lipinski definition) is 5. The second kappa shape index (κ2) is 12.8. The molecule has 1 N–H and O–H groups in total. The van der Waals surface area contributed by atoms with Gasteiger partial charge in [0.1, 0.15) is 17.8 Å². The van der Waals surface area contributed by atoms with Crippen molar-refractivity contribution in [3.05, 3.63) is 89.8 Å². The standard InChI is InChI=1S/C25H22F2N5.C4H6O.W/c1-16-4-5-19(32-20-6-7-23(31-15-20)25(2,26)27)14-21(16)17-8-10-29-22(12-17)18-9-11-30-24(13-18)28-3;5-3-4-1-2-4;/h4-15H,1-3H3,(H,28,30);3-4H,1-2H2;/q-1;;. The summed E-state index contributed by atoms with van der Waals surface area (Å²) in [6, 6.07) is 16.6. The molecule has 3 aromatic heterocycles. The van der Waals surface area contributed by atoms with Gasteiger partial charge in [0.25, 0.3) is 5.92 Å². The summed E-state index contributed by atoms with van der Waals surface area (Å²) in [5, 5.41) is 7.59. The third-order valence-corrected chi connectivity index (χ3v) is 5.87. The number of aromatic nitrogens is 3. The molecule has 3 heterocycles. The van der Waals surface area contributed by atoms with Gasteiger partial charge in [0, 0.05) is 65.1 Å². The van der Waals surface area contributed by atoms with Crippen LogP contribution in [0.15, 0.2) is 73.2 Å². The number of anilines is 1. The van der Waals surface area contributed by atoms with Crippen LogP contribution < -0.4 is 5.32 Å².